The molecule has 1 saturated carbocycles. The maximum atomic E-state index is 13.8. The number of aromatic amines is 1. The summed E-state index contributed by atoms with van der Waals surface area (Å²) in [5, 5.41) is 0. The second kappa shape index (κ2) is 11.4. The number of furan rings is 1. The molecule has 0 atom stereocenters. The van der Waals surface area contributed by atoms with Gasteiger partial charge in [0.15, 0.2) is 5.69 Å². The van der Waals surface area contributed by atoms with E-state index in [1.54, 1.807) is 6.26 Å². The van der Waals surface area contributed by atoms with Gasteiger partial charge >= 0.3 is 5.69 Å². The zero-order chi connectivity index (χ0) is 25.7. The van der Waals surface area contributed by atoms with Gasteiger partial charge in [-0.15, -0.1) is 0 Å². The first-order chi connectivity index (χ1) is 17.3. The molecule has 0 aliphatic heterocycles. The minimum absolute atomic E-state index is 0.0138. The molecule has 192 valence electrons. The van der Waals surface area contributed by atoms with E-state index < -0.39 is 11.2 Å². The van der Waals surface area contributed by atoms with E-state index in [-0.39, 0.29) is 42.5 Å². The quantitative estimate of drug-likeness (QED) is 0.448. The van der Waals surface area contributed by atoms with Crippen molar-refractivity contribution in [3.63, 3.8) is 0 Å². The molecule has 9 nitrogen and oxygen atoms in total. The summed E-state index contributed by atoms with van der Waals surface area (Å²) < 4.78 is 6.87. The van der Waals surface area contributed by atoms with Crippen LogP contribution in [-0.4, -0.2) is 39.5 Å². The highest BCUT2D eigenvalue weighted by molar-refractivity contribution is 5.96. The van der Waals surface area contributed by atoms with E-state index in [4.69, 9.17) is 10.2 Å². The highest BCUT2D eigenvalue weighted by Gasteiger charge is 2.30. The molecular formula is C27H35N5O4. The van der Waals surface area contributed by atoms with Crippen molar-refractivity contribution in [2.24, 2.45) is 5.92 Å². The van der Waals surface area contributed by atoms with E-state index in [0.717, 1.165) is 37.0 Å². The molecule has 1 amide bonds. The summed E-state index contributed by atoms with van der Waals surface area (Å²) in [6.45, 7) is 5.07. The predicted molar refractivity (Wildman–Crippen MR) is 140 cm³/mol. The molecule has 1 aromatic carbocycles. The number of benzene rings is 1. The number of nitrogens with one attached hydrogen (secondary N) is 1. The van der Waals surface area contributed by atoms with Crippen LogP contribution < -0.4 is 21.9 Å². The molecule has 9 heteroatoms. The Morgan fingerprint density at radius 1 is 1.14 bits per heavy atom. The highest BCUT2D eigenvalue weighted by Crippen LogP contribution is 2.26. The molecule has 3 aromatic rings. The van der Waals surface area contributed by atoms with Gasteiger partial charge in [0.1, 0.15) is 11.6 Å². The van der Waals surface area contributed by atoms with Crippen molar-refractivity contribution < 1.29 is 9.21 Å². The van der Waals surface area contributed by atoms with Gasteiger partial charge in [-0.05, 0) is 36.5 Å². The van der Waals surface area contributed by atoms with Crippen molar-refractivity contribution in [3.8, 4) is 0 Å². The molecule has 0 spiro atoms. The van der Waals surface area contributed by atoms with Gasteiger partial charge in [-0.1, -0.05) is 57.0 Å². The van der Waals surface area contributed by atoms with Crippen molar-refractivity contribution in [2.45, 2.75) is 58.7 Å². The summed E-state index contributed by atoms with van der Waals surface area (Å²) in [6, 6.07) is 13.4. The number of anilines is 2. The van der Waals surface area contributed by atoms with Crippen molar-refractivity contribution in [3.05, 3.63) is 80.9 Å². The second-order valence-electron chi connectivity index (χ2n) is 9.89. The van der Waals surface area contributed by atoms with Crippen molar-refractivity contribution in [1.29, 1.82) is 0 Å². The van der Waals surface area contributed by atoms with Crippen LogP contribution in [0.1, 0.15) is 50.9 Å². The number of nitrogens with two attached hydrogens (primary N) is 1. The van der Waals surface area contributed by atoms with E-state index in [9.17, 15) is 14.4 Å². The Balaban J connectivity index is 1.67. The molecule has 4 rings (SSSR count). The number of nitrogen functional groups attached to an aromatic ring is 1. The summed E-state index contributed by atoms with van der Waals surface area (Å²) in [6.07, 6.45) is 5.91. The normalized spacial score (nSPS) is 14.1. The lowest BCUT2D eigenvalue weighted by Crippen LogP contribution is -2.48. The van der Waals surface area contributed by atoms with E-state index in [0.29, 0.717) is 13.1 Å². The Kier molecular flexibility index (Phi) is 8.10. The molecule has 36 heavy (non-hydrogen) atoms. The van der Waals surface area contributed by atoms with E-state index in [1.165, 1.54) is 9.47 Å². The lowest BCUT2D eigenvalue weighted by atomic mass is 10.1. The smallest absolute Gasteiger partial charge is 0.330 e. The fourth-order valence-electron chi connectivity index (χ4n) is 4.89. The average molecular weight is 494 g/mol. The predicted octanol–water partition coefficient (Wildman–Crippen LogP) is 3.19. The number of amides is 1. The Hall–Kier alpha value is -3.59. The summed E-state index contributed by atoms with van der Waals surface area (Å²) in [5.74, 6) is 0.621. The molecule has 0 bridgehead atoms. The first-order valence-electron chi connectivity index (χ1n) is 12.6. The molecule has 2 heterocycles. The van der Waals surface area contributed by atoms with Crippen LogP contribution in [0.25, 0.3) is 0 Å². The fourth-order valence-corrected chi connectivity index (χ4v) is 4.89. The number of carbonyl (C=O) groups is 1. The van der Waals surface area contributed by atoms with Gasteiger partial charge < -0.3 is 15.1 Å². The van der Waals surface area contributed by atoms with Gasteiger partial charge in [0, 0.05) is 12.6 Å². The number of carbonyl (C=O) groups excluding carboxylic acids is 1. The van der Waals surface area contributed by atoms with Crippen LogP contribution in [0.5, 0.6) is 0 Å². The molecular weight excluding hydrogens is 458 g/mol. The highest BCUT2D eigenvalue weighted by atomic mass is 16.3. The summed E-state index contributed by atoms with van der Waals surface area (Å²) >= 11 is 0. The first-order valence-corrected chi connectivity index (χ1v) is 12.6. The van der Waals surface area contributed by atoms with Crippen LogP contribution in [0, 0.1) is 5.92 Å². The zero-order valence-corrected chi connectivity index (χ0v) is 21.0. The number of hydrogen-bond acceptors (Lipinski definition) is 6. The van der Waals surface area contributed by atoms with Gasteiger partial charge in [-0.25, -0.2) is 4.79 Å². The maximum Gasteiger partial charge on any atom is 0.330 e. The molecule has 1 fully saturated rings. The lowest BCUT2D eigenvalue weighted by Gasteiger charge is -2.31. The maximum absolute atomic E-state index is 13.8. The van der Waals surface area contributed by atoms with Gasteiger partial charge in [0.2, 0.25) is 5.91 Å². The van der Waals surface area contributed by atoms with Gasteiger partial charge in [0.25, 0.3) is 5.56 Å². The summed E-state index contributed by atoms with van der Waals surface area (Å²) in [4.78, 5) is 45.4. The third-order valence-corrected chi connectivity index (χ3v) is 6.63. The van der Waals surface area contributed by atoms with Gasteiger partial charge in [-0.2, -0.15) is 0 Å². The Morgan fingerprint density at radius 2 is 1.86 bits per heavy atom. The average Bonchev–Trinajstić information content (AvgIpc) is 3.55. The number of rotatable bonds is 10. The van der Waals surface area contributed by atoms with Crippen molar-refractivity contribution in [1.82, 2.24) is 14.5 Å². The number of hydrogen-bond donors (Lipinski definition) is 2. The second-order valence-corrected chi connectivity index (χ2v) is 9.89. The van der Waals surface area contributed by atoms with Crippen molar-refractivity contribution >= 4 is 17.4 Å². The van der Waals surface area contributed by atoms with E-state index in [2.05, 4.69) is 9.88 Å². The molecule has 3 N–H and O–H groups in total. The van der Waals surface area contributed by atoms with Crippen LogP contribution in [0.15, 0.2) is 62.7 Å². The topological polar surface area (TPSA) is 118 Å². The van der Waals surface area contributed by atoms with Crippen LogP contribution in [0.2, 0.25) is 0 Å². The standard InChI is InChI=1S/C27H35N5O4/c1-19(2)15-31(23(33)18-30(21-11-6-7-12-21)17-22-13-8-14-36-22)24-25(28)32(27(35)29-26(24)34)16-20-9-4-3-5-10-20/h3-5,8-10,13-14,19,21H,6-7,11-12,15-18,28H2,1-2H3,(H,29,34,35). The minimum Gasteiger partial charge on any atom is -0.468 e. The zero-order valence-electron chi connectivity index (χ0n) is 21.0. The molecule has 0 unspecified atom stereocenters. The molecule has 0 radical (unpaired) electrons. The fraction of sp³-hybridized carbons (Fsp3) is 0.444. The molecule has 2 aromatic heterocycles. The third-order valence-electron chi connectivity index (χ3n) is 6.63. The SMILES string of the molecule is CC(C)CN(C(=O)CN(Cc1ccco1)C1CCCC1)c1c(N)n(Cc2ccccc2)c(=O)[nH]c1=O. The Morgan fingerprint density at radius 3 is 2.50 bits per heavy atom. The monoisotopic (exact) mass is 493 g/mol. The Labute approximate surface area is 210 Å². The molecule has 0 saturated heterocycles. The molecule has 1 aliphatic carbocycles. The molecule has 1 aliphatic rings. The van der Waals surface area contributed by atoms with Crippen molar-refractivity contribution in [2.75, 3.05) is 23.7 Å². The summed E-state index contributed by atoms with van der Waals surface area (Å²) in [7, 11) is 0. The minimum atomic E-state index is -0.658. The lowest BCUT2D eigenvalue weighted by molar-refractivity contribution is -0.120. The number of H-pyrrole nitrogens is 1. The third kappa shape index (κ3) is 5.96. The first kappa shape index (κ1) is 25.5. The van der Waals surface area contributed by atoms with Crippen LogP contribution in [0.3, 0.4) is 0 Å². The summed E-state index contributed by atoms with van der Waals surface area (Å²) in [5.41, 5.74) is 6.05. The van der Waals surface area contributed by atoms with Crippen LogP contribution >= 0.6 is 0 Å². The van der Waals surface area contributed by atoms with Crippen LogP contribution in [0.4, 0.5) is 11.5 Å². The van der Waals surface area contributed by atoms with E-state index >= 15 is 0 Å². The number of aromatic nitrogens is 2. The van der Waals surface area contributed by atoms with Gasteiger partial charge in [-0.3, -0.25) is 24.0 Å². The largest absolute Gasteiger partial charge is 0.468 e. The van der Waals surface area contributed by atoms with Gasteiger partial charge in [0.05, 0.1) is 25.9 Å². The Bertz CT molecular complexity index is 1260. The van der Waals surface area contributed by atoms with Crippen LogP contribution in [-0.2, 0) is 17.9 Å². The van der Waals surface area contributed by atoms with E-state index in [1.807, 2.05) is 56.3 Å². The number of nitrogens with zero attached hydrogens (tertiary/aromatic N) is 3.